The van der Waals surface area contributed by atoms with E-state index in [0.717, 1.165) is 12.1 Å². The standard InChI is InChI=1S/C17H10N4O4/c18-9-11(7-10-5-6-15(22)14(8-10)21(24)25)16-19-13-4-2-1-3-12(13)17(23)20-16/h1-8,22H,(H,19,20,23)/p-1/b11-7+. The zero-order chi connectivity index (χ0) is 18.0. The van der Waals surface area contributed by atoms with Crippen molar-refractivity contribution >= 4 is 28.2 Å². The van der Waals surface area contributed by atoms with Crippen LogP contribution < -0.4 is 10.7 Å². The van der Waals surface area contributed by atoms with Gasteiger partial charge in [-0.25, -0.2) is 4.98 Å². The molecule has 2 aromatic carbocycles. The summed E-state index contributed by atoms with van der Waals surface area (Å²) >= 11 is 0. The summed E-state index contributed by atoms with van der Waals surface area (Å²) in [5.41, 5.74) is -0.286. The maximum atomic E-state index is 12.1. The third kappa shape index (κ3) is 3.07. The largest absolute Gasteiger partial charge is 0.868 e. The lowest BCUT2D eigenvalue weighted by atomic mass is 10.1. The summed E-state index contributed by atoms with van der Waals surface area (Å²) in [5.74, 6) is -0.682. The second kappa shape index (κ2) is 6.25. The predicted molar refractivity (Wildman–Crippen MR) is 88.4 cm³/mol. The van der Waals surface area contributed by atoms with Gasteiger partial charge in [0.1, 0.15) is 6.07 Å². The van der Waals surface area contributed by atoms with E-state index in [2.05, 4.69) is 9.97 Å². The zero-order valence-electron chi connectivity index (χ0n) is 12.6. The molecule has 0 saturated carbocycles. The van der Waals surface area contributed by atoms with Gasteiger partial charge in [-0.05, 0) is 29.5 Å². The first-order chi connectivity index (χ1) is 12.0. The van der Waals surface area contributed by atoms with Crippen LogP contribution in [0.5, 0.6) is 5.75 Å². The van der Waals surface area contributed by atoms with E-state index in [0.29, 0.717) is 10.9 Å². The first-order valence-corrected chi connectivity index (χ1v) is 7.06. The Labute approximate surface area is 140 Å². The number of nitrogens with one attached hydrogen (secondary N) is 1. The normalized spacial score (nSPS) is 11.2. The molecule has 0 aliphatic carbocycles. The maximum absolute atomic E-state index is 12.1. The van der Waals surface area contributed by atoms with Crippen LogP contribution in [-0.4, -0.2) is 14.9 Å². The molecule has 8 heteroatoms. The first-order valence-electron chi connectivity index (χ1n) is 7.06. The topological polar surface area (TPSA) is 136 Å². The molecule has 0 unspecified atom stereocenters. The van der Waals surface area contributed by atoms with Crippen molar-refractivity contribution in [3.63, 3.8) is 0 Å². The minimum Gasteiger partial charge on any atom is -0.868 e. The number of H-pyrrole nitrogens is 1. The average Bonchev–Trinajstić information content (AvgIpc) is 2.60. The molecular formula is C17H9N4O4-. The van der Waals surface area contributed by atoms with Crippen molar-refractivity contribution in [3.05, 3.63) is 74.3 Å². The molecule has 0 radical (unpaired) electrons. The highest BCUT2D eigenvalue weighted by atomic mass is 16.6. The van der Waals surface area contributed by atoms with E-state index in [1.807, 2.05) is 6.07 Å². The SMILES string of the molecule is N#C/C(=C\c1ccc([O-])c([N+](=O)[O-])c1)c1nc2ccccc2c(=O)[nH]1. The number of nitro groups is 1. The molecule has 8 nitrogen and oxygen atoms in total. The lowest BCUT2D eigenvalue weighted by Gasteiger charge is -2.07. The van der Waals surface area contributed by atoms with Gasteiger partial charge in [-0.3, -0.25) is 14.9 Å². The molecule has 3 rings (SSSR count). The lowest BCUT2D eigenvalue weighted by molar-refractivity contribution is -0.398. The first kappa shape index (κ1) is 15.9. The summed E-state index contributed by atoms with van der Waals surface area (Å²) < 4.78 is 0. The van der Waals surface area contributed by atoms with Gasteiger partial charge in [0.05, 0.1) is 21.4 Å². The highest BCUT2D eigenvalue weighted by molar-refractivity contribution is 5.89. The molecule has 3 aromatic rings. The van der Waals surface area contributed by atoms with Crippen LogP contribution >= 0.6 is 0 Å². The molecular weight excluding hydrogens is 324 g/mol. The Hall–Kier alpha value is -3.99. The highest BCUT2D eigenvalue weighted by Gasteiger charge is 2.11. The van der Waals surface area contributed by atoms with E-state index in [9.17, 15) is 25.3 Å². The molecule has 0 aliphatic heterocycles. The van der Waals surface area contributed by atoms with Crippen molar-refractivity contribution in [1.82, 2.24) is 9.97 Å². The number of aromatic amines is 1. The van der Waals surface area contributed by atoms with Crippen molar-refractivity contribution in [2.45, 2.75) is 0 Å². The van der Waals surface area contributed by atoms with Gasteiger partial charge in [-0.1, -0.05) is 24.3 Å². The smallest absolute Gasteiger partial charge is 0.262 e. The zero-order valence-corrected chi connectivity index (χ0v) is 12.6. The van der Waals surface area contributed by atoms with Crippen LogP contribution in [0.15, 0.2) is 47.3 Å². The monoisotopic (exact) mass is 333 g/mol. The summed E-state index contributed by atoms with van der Waals surface area (Å²) in [6.45, 7) is 0. The van der Waals surface area contributed by atoms with E-state index < -0.39 is 21.9 Å². The Bertz CT molecular complexity index is 1130. The highest BCUT2D eigenvalue weighted by Crippen LogP contribution is 2.26. The van der Waals surface area contributed by atoms with E-state index in [1.54, 1.807) is 24.3 Å². The molecule has 0 bridgehead atoms. The second-order valence-electron chi connectivity index (χ2n) is 5.09. The van der Waals surface area contributed by atoms with Gasteiger partial charge in [0.15, 0.2) is 5.82 Å². The molecule has 0 saturated heterocycles. The summed E-state index contributed by atoms with van der Waals surface area (Å²) in [7, 11) is 0. The Morgan fingerprint density at radius 1 is 1.28 bits per heavy atom. The molecule has 1 N–H and O–H groups in total. The van der Waals surface area contributed by atoms with E-state index in [1.165, 1.54) is 12.1 Å². The number of hydrogen-bond acceptors (Lipinski definition) is 6. The van der Waals surface area contributed by atoms with Crippen LogP contribution in [0.4, 0.5) is 5.69 Å². The number of fused-ring (bicyclic) bond motifs is 1. The van der Waals surface area contributed by atoms with Gasteiger partial charge in [-0.15, -0.1) is 0 Å². The van der Waals surface area contributed by atoms with Gasteiger partial charge in [0, 0.05) is 6.07 Å². The fraction of sp³-hybridized carbons (Fsp3) is 0. The fourth-order valence-corrected chi connectivity index (χ4v) is 2.30. The van der Waals surface area contributed by atoms with Crippen LogP contribution in [0.1, 0.15) is 11.4 Å². The van der Waals surface area contributed by atoms with Crippen molar-refractivity contribution in [1.29, 1.82) is 5.26 Å². The summed E-state index contributed by atoms with van der Waals surface area (Å²) in [5, 5.41) is 32.0. The molecule has 0 aliphatic rings. The Morgan fingerprint density at radius 3 is 2.76 bits per heavy atom. The molecule has 0 fully saturated rings. The van der Waals surface area contributed by atoms with E-state index in [-0.39, 0.29) is 17.0 Å². The van der Waals surface area contributed by atoms with Crippen LogP contribution in [0, 0.1) is 21.4 Å². The molecule has 0 spiro atoms. The quantitative estimate of drug-likeness (QED) is 0.442. The Kier molecular flexibility index (Phi) is 3.97. The van der Waals surface area contributed by atoms with Gasteiger partial charge < -0.3 is 10.1 Å². The van der Waals surface area contributed by atoms with Gasteiger partial charge >= 0.3 is 0 Å². The third-order valence-electron chi connectivity index (χ3n) is 3.48. The van der Waals surface area contributed by atoms with Crippen LogP contribution in [-0.2, 0) is 0 Å². The Balaban J connectivity index is 2.14. The minimum atomic E-state index is -0.790. The number of para-hydroxylation sites is 1. The second-order valence-corrected chi connectivity index (χ2v) is 5.09. The average molecular weight is 333 g/mol. The number of rotatable bonds is 3. The Morgan fingerprint density at radius 2 is 2.04 bits per heavy atom. The number of hydrogen-bond donors (Lipinski definition) is 1. The number of nitro benzene ring substituents is 1. The van der Waals surface area contributed by atoms with Crippen molar-refractivity contribution in [2.24, 2.45) is 0 Å². The number of benzene rings is 2. The van der Waals surface area contributed by atoms with Crippen molar-refractivity contribution in [2.75, 3.05) is 0 Å². The van der Waals surface area contributed by atoms with Gasteiger partial charge in [-0.2, -0.15) is 5.26 Å². The molecule has 1 heterocycles. The van der Waals surface area contributed by atoms with Crippen molar-refractivity contribution < 1.29 is 10.0 Å². The number of aromatic nitrogens is 2. The van der Waals surface area contributed by atoms with Gasteiger partial charge in [0.2, 0.25) is 0 Å². The lowest BCUT2D eigenvalue weighted by Crippen LogP contribution is -2.11. The summed E-state index contributed by atoms with van der Waals surface area (Å²) in [6.07, 6.45) is 1.32. The minimum absolute atomic E-state index is 0.0100. The molecule has 0 amide bonds. The molecule has 1 aromatic heterocycles. The summed E-state index contributed by atoms with van der Waals surface area (Å²) in [6, 6.07) is 12.0. The number of nitriles is 1. The van der Waals surface area contributed by atoms with Gasteiger partial charge in [0.25, 0.3) is 11.2 Å². The van der Waals surface area contributed by atoms with Crippen molar-refractivity contribution in [3.8, 4) is 11.8 Å². The van der Waals surface area contributed by atoms with E-state index >= 15 is 0 Å². The third-order valence-corrected chi connectivity index (χ3v) is 3.48. The molecule has 122 valence electrons. The number of allylic oxidation sites excluding steroid dienone is 1. The fourth-order valence-electron chi connectivity index (χ4n) is 2.30. The summed E-state index contributed by atoms with van der Waals surface area (Å²) in [4.78, 5) is 28.9. The molecule has 0 atom stereocenters. The van der Waals surface area contributed by atoms with Crippen LogP contribution in [0.25, 0.3) is 22.6 Å². The van der Waals surface area contributed by atoms with Crippen LogP contribution in [0.2, 0.25) is 0 Å². The predicted octanol–water partition coefficient (Wildman–Crippen LogP) is 1.97. The number of nitrogens with zero attached hydrogens (tertiary/aromatic N) is 3. The maximum Gasteiger partial charge on any atom is 0.262 e. The van der Waals surface area contributed by atoms with Crippen LogP contribution in [0.3, 0.4) is 0 Å². The molecule has 25 heavy (non-hydrogen) atoms. The van der Waals surface area contributed by atoms with E-state index in [4.69, 9.17) is 0 Å².